The number of unbranched alkanes of at least 4 members (excludes halogenated alkanes) is 18. The molecule has 3 heteroatoms. The number of nitrogens with one attached hydrogen (secondary N) is 1. The summed E-state index contributed by atoms with van der Waals surface area (Å²) in [7, 11) is 0. The van der Waals surface area contributed by atoms with Crippen LogP contribution in [-0.2, 0) is 4.79 Å². The standard InChI is InChI=1S/C27H54NO2/c1-3-5-6-7-8-9-10-11-12-13-14-15-16-17-18-19-20-21-22-23-27(30)28-26(4-2)24-25-29/h29H,3-25H2,1-2H3,(H,28,30). The zero-order valence-corrected chi connectivity index (χ0v) is 20.6. The van der Waals surface area contributed by atoms with Gasteiger partial charge in [0.25, 0.3) is 0 Å². The number of rotatable bonds is 24. The summed E-state index contributed by atoms with van der Waals surface area (Å²) in [5.41, 5.74) is 0. The molecule has 30 heavy (non-hydrogen) atoms. The average Bonchev–Trinajstić information content (AvgIpc) is 2.75. The van der Waals surface area contributed by atoms with E-state index < -0.39 is 0 Å². The first-order valence-electron chi connectivity index (χ1n) is 13.5. The smallest absolute Gasteiger partial charge is 0.220 e. The van der Waals surface area contributed by atoms with Crippen LogP contribution in [0.4, 0.5) is 0 Å². The predicted molar refractivity (Wildman–Crippen MR) is 131 cm³/mol. The average molecular weight is 425 g/mol. The minimum absolute atomic E-state index is 0.114. The zero-order valence-electron chi connectivity index (χ0n) is 20.6. The van der Waals surface area contributed by atoms with E-state index in [1.165, 1.54) is 109 Å². The third-order valence-corrected chi connectivity index (χ3v) is 6.16. The van der Waals surface area contributed by atoms with Crippen molar-refractivity contribution in [1.29, 1.82) is 0 Å². The van der Waals surface area contributed by atoms with E-state index in [1.54, 1.807) is 0 Å². The molecule has 0 atom stereocenters. The van der Waals surface area contributed by atoms with E-state index in [1.807, 2.05) is 6.92 Å². The van der Waals surface area contributed by atoms with Crippen LogP contribution < -0.4 is 5.32 Å². The molecule has 0 heterocycles. The van der Waals surface area contributed by atoms with Gasteiger partial charge in [-0.2, -0.15) is 0 Å². The summed E-state index contributed by atoms with van der Waals surface area (Å²) >= 11 is 0. The van der Waals surface area contributed by atoms with Crippen LogP contribution in [0.2, 0.25) is 0 Å². The van der Waals surface area contributed by atoms with Crippen LogP contribution >= 0.6 is 0 Å². The van der Waals surface area contributed by atoms with E-state index in [4.69, 9.17) is 5.11 Å². The predicted octanol–water partition coefficient (Wildman–Crippen LogP) is 8.25. The van der Waals surface area contributed by atoms with Gasteiger partial charge in [-0.15, -0.1) is 0 Å². The van der Waals surface area contributed by atoms with Crippen LogP contribution in [0.1, 0.15) is 155 Å². The van der Waals surface area contributed by atoms with Gasteiger partial charge in [-0.1, -0.05) is 129 Å². The van der Waals surface area contributed by atoms with E-state index in [0.29, 0.717) is 12.8 Å². The van der Waals surface area contributed by atoms with Crippen molar-refractivity contribution in [2.45, 2.75) is 155 Å². The van der Waals surface area contributed by atoms with Gasteiger partial charge in [0.05, 0.1) is 6.04 Å². The fourth-order valence-corrected chi connectivity index (χ4v) is 4.09. The Kier molecular flexibility index (Phi) is 24.2. The molecule has 0 saturated heterocycles. The molecule has 1 amide bonds. The molecular formula is C27H54NO2. The highest BCUT2D eigenvalue weighted by molar-refractivity contribution is 5.77. The largest absolute Gasteiger partial charge is 0.396 e. The van der Waals surface area contributed by atoms with Crippen LogP contribution in [0.25, 0.3) is 0 Å². The third-order valence-electron chi connectivity index (χ3n) is 6.16. The Hall–Kier alpha value is -0.570. The van der Waals surface area contributed by atoms with E-state index in [0.717, 1.165) is 25.3 Å². The lowest BCUT2D eigenvalue weighted by molar-refractivity contribution is -0.121. The topological polar surface area (TPSA) is 49.3 Å². The Bertz CT molecular complexity index is 346. The molecule has 0 aromatic rings. The molecule has 0 bridgehead atoms. The van der Waals surface area contributed by atoms with Crippen LogP contribution in [0.3, 0.4) is 0 Å². The monoisotopic (exact) mass is 424 g/mol. The normalized spacial score (nSPS) is 11.3. The first-order chi connectivity index (χ1) is 14.7. The minimum atomic E-state index is 0.114. The lowest BCUT2D eigenvalue weighted by Crippen LogP contribution is -2.28. The van der Waals surface area contributed by atoms with Gasteiger partial charge in [-0.05, 0) is 19.3 Å². The summed E-state index contributed by atoms with van der Waals surface area (Å²) in [4.78, 5) is 11.9. The highest BCUT2D eigenvalue weighted by atomic mass is 16.3. The van der Waals surface area contributed by atoms with Crippen molar-refractivity contribution in [3.8, 4) is 0 Å². The molecule has 0 aromatic carbocycles. The minimum Gasteiger partial charge on any atom is -0.396 e. The van der Waals surface area contributed by atoms with E-state index >= 15 is 0 Å². The van der Waals surface area contributed by atoms with Crippen molar-refractivity contribution in [2.24, 2.45) is 0 Å². The molecule has 1 radical (unpaired) electrons. The van der Waals surface area contributed by atoms with Crippen LogP contribution in [-0.4, -0.2) is 17.6 Å². The molecule has 0 aliphatic heterocycles. The fraction of sp³-hybridized carbons (Fsp3) is 0.926. The van der Waals surface area contributed by atoms with E-state index in [-0.39, 0.29) is 12.5 Å². The lowest BCUT2D eigenvalue weighted by atomic mass is 10.0. The molecule has 0 rings (SSSR count). The number of aliphatic hydroxyl groups is 1. The second-order valence-corrected chi connectivity index (χ2v) is 9.09. The van der Waals surface area contributed by atoms with Crippen molar-refractivity contribution in [3.63, 3.8) is 0 Å². The van der Waals surface area contributed by atoms with Gasteiger partial charge < -0.3 is 10.4 Å². The lowest BCUT2D eigenvalue weighted by Gasteiger charge is -2.14. The summed E-state index contributed by atoms with van der Waals surface area (Å²) in [6, 6.07) is 0.959. The van der Waals surface area contributed by atoms with Crippen molar-refractivity contribution < 1.29 is 9.90 Å². The summed E-state index contributed by atoms with van der Waals surface area (Å²) in [5.74, 6) is 0.118. The third kappa shape index (κ3) is 22.1. The molecule has 0 aromatic heterocycles. The summed E-state index contributed by atoms with van der Waals surface area (Å²) in [6.07, 6.45) is 28.1. The number of aliphatic hydroxyl groups excluding tert-OH is 1. The Labute approximate surface area is 189 Å². The number of hydrogen-bond acceptors (Lipinski definition) is 2. The van der Waals surface area contributed by atoms with Crippen molar-refractivity contribution in [2.75, 3.05) is 6.61 Å². The van der Waals surface area contributed by atoms with Gasteiger partial charge in [0.2, 0.25) is 5.91 Å². The van der Waals surface area contributed by atoms with Gasteiger partial charge in [0, 0.05) is 13.0 Å². The molecule has 0 spiro atoms. The maximum Gasteiger partial charge on any atom is 0.220 e. The summed E-state index contributed by atoms with van der Waals surface area (Å²) < 4.78 is 0. The zero-order chi connectivity index (χ0) is 22.1. The van der Waals surface area contributed by atoms with Crippen molar-refractivity contribution >= 4 is 5.91 Å². The van der Waals surface area contributed by atoms with E-state index in [2.05, 4.69) is 12.2 Å². The van der Waals surface area contributed by atoms with Gasteiger partial charge >= 0.3 is 0 Å². The molecule has 3 nitrogen and oxygen atoms in total. The van der Waals surface area contributed by atoms with Crippen LogP contribution in [0.5, 0.6) is 0 Å². The molecular weight excluding hydrogens is 370 g/mol. The Morgan fingerprint density at radius 1 is 0.567 bits per heavy atom. The number of carbonyl (C=O) groups is 1. The number of amides is 1. The summed E-state index contributed by atoms with van der Waals surface area (Å²) in [6.45, 7) is 4.42. The molecule has 0 aliphatic carbocycles. The Balaban J connectivity index is 3.18. The van der Waals surface area contributed by atoms with E-state index in [9.17, 15) is 4.79 Å². The van der Waals surface area contributed by atoms with Gasteiger partial charge in [0.1, 0.15) is 0 Å². The SMILES string of the molecule is CCCCCCCCCCCCCCCCCCCCCC(=O)N[C](CC)CCO. The van der Waals surface area contributed by atoms with Crippen molar-refractivity contribution in [3.05, 3.63) is 6.04 Å². The highest BCUT2D eigenvalue weighted by Gasteiger charge is 2.10. The highest BCUT2D eigenvalue weighted by Crippen LogP contribution is 2.15. The first kappa shape index (κ1) is 29.4. The second-order valence-electron chi connectivity index (χ2n) is 9.09. The maximum absolute atomic E-state index is 11.9. The molecule has 0 fully saturated rings. The van der Waals surface area contributed by atoms with Crippen LogP contribution in [0.15, 0.2) is 0 Å². The maximum atomic E-state index is 11.9. The summed E-state index contributed by atoms with van der Waals surface area (Å²) in [5, 5.41) is 11.9. The molecule has 0 saturated carbocycles. The molecule has 179 valence electrons. The Morgan fingerprint density at radius 2 is 0.933 bits per heavy atom. The molecule has 0 unspecified atom stereocenters. The van der Waals surface area contributed by atoms with Crippen molar-refractivity contribution in [1.82, 2.24) is 5.32 Å². The van der Waals surface area contributed by atoms with Gasteiger partial charge in [-0.3, -0.25) is 4.79 Å². The quantitative estimate of drug-likeness (QED) is 0.153. The fourth-order valence-electron chi connectivity index (χ4n) is 4.09. The van der Waals surface area contributed by atoms with Gasteiger partial charge in [0.15, 0.2) is 0 Å². The molecule has 2 N–H and O–H groups in total. The Morgan fingerprint density at radius 3 is 1.27 bits per heavy atom. The second kappa shape index (κ2) is 24.7. The van der Waals surface area contributed by atoms with Crippen LogP contribution in [0, 0.1) is 6.04 Å². The van der Waals surface area contributed by atoms with Gasteiger partial charge in [-0.25, -0.2) is 0 Å². The number of carbonyl (C=O) groups excluding carboxylic acids is 1. The first-order valence-corrected chi connectivity index (χ1v) is 13.5. The number of hydrogen-bond donors (Lipinski definition) is 2. The molecule has 0 aliphatic rings.